The molecule has 7 heterocycles. The Morgan fingerprint density at radius 2 is 1.62 bits per heavy atom. The number of carbonyl (C=O) groups excluding carboxylic acids is 2. The van der Waals surface area contributed by atoms with E-state index in [1.807, 2.05) is 36.4 Å². The number of phenols is 1. The Balaban J connectivity index is 0.725. The molecule has 1 aromatic heterocycles. The highest BCUT2D eigenvalue weighted by Crippen LogP contribution is 2.44. The zero-order valence-electron chi connectivity index (χ0n) is 36.1. The number of thiocarbonyl (C=S) groups is 1. The summed E-state index contributed by atoms with van der Waals surface area (Å²) in [5.74, 6) is 1.06. The zero-order chi connectivity index (χ0) is 44.1. The van der Waals surface area contributed by atoms with E-state index in [0.29, 0.717) is 67.9 Å². The van der Waals surface area contributed by atoms with Crippen molar-refractivity contribution in [3.8, 4) is 28.5 Å². The molecule has 15 nitrogen and oxygen atoms in total. The molecule has 336 valence electrons. The molecule has 0 unspecified atom stereocenters. The molecule has 0 radical (unpaired) electrons. The number of para-hydroxylation sites is 2. The molecule has 5 saturated heterocycles. The van der Waals surface area contributed by atoms with Gasteiger partial charge in [-0.25, -0.2) is 4.39 Å². The van der Waals surface area contributed by atoms with Crippen LogP contribution in [0.15, 0.2) is 66.7 Å². The van der Waals surface area contributed by atoms with Crippen LogP contribution in [0, 0.1) is 5.82 Å². The number of hydrogen-bond donors (Lipinski definition) is 3. The number of nitrogen functional groups attached to an aromatic ring is 1. The monoisotopic (exact) mass is 890 g/mol. The van der Waals surface area contributed by atoms with Crippen molar-refractivity contribution >= 4 is 57.7 Å². The number of carbonyl (C=O) groups is 2. The summed E-state index contributed by atoms with van der Waals surface area (Å²) in [6, 6.07) is 20.4. The standard InChI is InChI=1S/C47H55FN10O5S/c1-53(30-13-17-54(18-14-30)38-6-4-7-39-44(38)62-22-21-57(39)40-11-12-43(60)50-46(40)61)47(64)55-19-15-34(16-20-55)63-35-24-29(48)23-33(25-35)58-31-9-10-32(58)28-56(27-31)41-26-37(51-52-45(41)49)36-5-2-3-8-42(36)59/h2-8,23-26,30-32,34,40,59H,9-22,27-28H2,1H3,(H2,49,52)(H,50,60,61)/t31-,32+,40-/m0/s1. The second-order valence-corrected chi connectivity index (χ2v) is 18.3. The molecule has 0 spiro atoms. The van der Waals surface area contributed by atoms with E-state index in [9.17, 15) is 14.7 Å². The molecule has 6 aliphatic rings. The molecule has 2 amide bonds. The molecule has 17 heteroatoms. The highest BCUT2D eigenvalue weighted by molar-refractivity contribution is 7.80. The van der Waals surface area contributed by atoms with E-state index in [4.69, 9.17) is 27.4 Å². The maximum absolute atomic E-state index is 15.3. The smallest absolute Gasteiger partial charge is 0.249 e. The number of ether oxygens (including phenoxy) is 2. The number of anilines is 5. The van der Waals surface area contributed by atoms with Crippen LogP contribution in [0.3, 0.4) is 0 Å². The normalized spacial score (nSPS) is 22.8. The summed E-state index contributed by atoms with van der Waals surface area (Å²) >= 11 is 6.09. The van der Waals surface area contributed by atoms with E-state index in [1.54, 1.807) is 18.2 Å². The first-order valence-electron chi connectivity index (χ1n) is 22.6. The molecule has 3 atom stereocenters. The van der Waals surface area contributed by atoms with Crippen LogP contribution in [-0.2, 0) is 9.59 Å². The second kappa shape index (κ2) is 17.5. The second-order valence-electron chi connectivity index (χ2n) is 17.9. The van der Waals surface area contributed by atoms with Gasteiger partial charge in [0.1, 0.15) is 36.1 Å². The summed E-state index contributed by atoms with van der Waals surface area (Å²) in [5.41, 5.74) is 11.1. The molecule has 10 rings (SSSR count). The molecule has 2 bridgehead atoms. The van der Waals surface area contributed by atoms with E-state index in [0.717, 1.165) is 98.3 Å². The van der Waals surface area contributed by atoms with Crippen LogP contribution in [0.25, 0.3) is 11.3 Å². The zero-order valence-corrected chi connectivity index (χ0v) is 36.9. The number of halogens is 1. The quantitative estimate of drug-likeness (QED) is 0.158. The maximum Gasteiger partial charge on any atom is 0.249 e. The molecule has 3 aromatic carbocycles. The van der Waals surface area contributed by atoms with Crippen molar-refractivity contribution in [2.24, 2.45) is 0 Å². The van der Waals surface area contributed by atoms with Gasteiger partial charge in [-0.2, -0.15) is 0 Å². The van der Waals surface area contributed by atoms with Gasteiger partial charge in [-0.15, -0.1) is 10.2 Å². The van der Waals surface area contributed by atoms with Crippen LogP contribution in [0.1, 0.15) is 51.4 Å². The minimum absolute atomic E-state index is 0.0545. The van der Waals surface area contributed by atoms with Gasteiger partial charge in [0, 0.05) is 107 Å². The Bertz CT molecular complexity index is 2410. The highest BCUT2D eigenvalue weighted by atomic mass is 32.1. The molecule has 0 aliphatic carbocycles. The van der Waals surface area contributed by atoms with Gasteiger partial charge in [-0.1, -0.05) is 18.2 Å². The van der Waals surface area contributed by atoms with E-state index in [2.05, 4.69) is 58.0 Å². The molecular formula is C47H55FN10O5S. The van der Waals surface area contributed by atoms with E-state index >= 15 is 4.39 Å². The van der Waals surface area contributed by atoms with E-state index in [1.165, 1.54) is 6.07 Å². The van der Waals surface area contributed by atoms with Gasteiger partial charge in [-0.3, -0.25) is 14.9 Å². The fourth-order valence-electron chi connectivity index (χ4n) is 10.8. The minimum atomic E-state index is -0.386. The number of nitrogens with zero attached hydrogens (tertiary/aromatic N) is 8. The number of fused-ring (bicyclic) bond motifs is 3. The van der Waals surface area contributed by atoms with Gasteiger partial charge in [0.25, 0.3) is 0 Å². The van der Waals surface area contributed by atoms with Crippen LogP contribution < -0.4 is 40.1 Å². The summed E-state index contributed by atoms with van der Waals surface area (Å²) in [4.78, 5) is 38.2. The lowest BCUT2D eigenvalue weighted by Crippen LogP contribution is -2.54. The van der Waals surface area contributed by atoms with Gasteiger partial charge in [-0.05, 0) is 80.7 Å². The molecule has 0 saturated carbocycles. The van der Waals surface area contributed by atoms with Gasteiger partial charge in [0.05, 0.1) is 29.3 Å². The number of imide groups is 1. The average molecular weight is 891 g/mol. The van der Waals surface area contributed by atoms with Crippen LogP contribution in [0.5, 0.6) is 17.2 Å². The summed E-state index contributed by atoms with van der Waals surface area (Å²) in [7, 11) is 2.11. The van der Waals surface area contributed by atoms with Crippen LogP contribution >= 0.6 is 12.2 Å². The molecular weight excluding hydrogens is 836 g/mol. The summed E-state index contributed by atoms with van der Waals surface area (Å²) in [5, 5.41) is 22.3. The predicted molar refractivity (Wildman–Crippen MR) is 248 cm³/mol. The number of benzene rings is 3. The summed E-state index contributed by atoms with van der Waals surface area (Å²) in [6.07, 6.45) is 6.16. The maximum atomic E-state index is 15.3. The van der Waals surface area contributed by atoms with Crippen molar-refractivity contribution in [2.45, 2.75) is 81.6 Å². The fraction of sp³-hybridized carbons (Fsp3) is 0.468. The number of aromatic hydroxyl groups is 1. The van der Waals surface area contributed by atoms with Gasteiger partial charge in [0.15, 0.2) is 16.7 Å². The summed E-state index contributed by atoms with van der Waals surface area (Å²) < 4.78 is 28.1. The Hall–Kier alpha value is -6.10. The SMILES string of the molecule is CN(C(=S)N1CCC(Oc2cc(F)cc(N3[C@@H]4CC[C@H]3CN(c3cc(-c5ccccc5O)nnc3N)C4)c2)CC1)C1CCN(c2cccc3c2OCCN3[C@H]2CCC(=O)NC2=O)CC1. The lowest BCUT2D eigenvalue weighted by molar-refractivity contribution is -0.134. The number of aromatic nitrogens is 2. The molecule has 4 aromatic rings. The number of rotatable bonds is 8. The van der Waals surface area contributed by atoms with Crippen molar-refractivity contribution in [2.75, 3.05) is 84.8 Å². The van der Waals surface area contributed by atoms with Crippen molar-refractivity contribution in [3.63, 3.8) is 0 Å². The first-order chi connectivity index (χ1) is 31.1. The van der Waals surface area contributed by atoms with Crippen molar-refractivity contribution in [1.82, 2.24) is 25.3 Å². The van der Waals surface area contributed by atoms with Gasteiger partial charge >= 0.3 is 0 Å². The summed E-state index contributed by atoms with van der Waals surface area (Å²) in [6.45, 7) is 5.68. The van der Waals surface area contributed by atoms with Crippen LogP contribution in [0.2, 0.25) is 0 Å². The van der Waals surface area contributed by atoms with E-state index < -0.39 is 0 Å². The van der Waals surface area contributed by atoms with Crippen LogP contribution in [-0.4, -0.2) is 132 Å². The molecule has 4 N–H and O–H groups in total. The lowest BCUT2D eigenvalue weighted by Gasteiger charge is -2.44. The molecule has 5 fully saturated rings. The lowest BCUT2D eigenvalue weighted by atomic mass is 10.0. The Kier molecular flexibility index (Phi) is 11.4. The number of piperidine rings is 3. The number of hydrogen-bond acceptors (Lipinski definition) is 13. The van der Waals surface area contributed by atoms with Gasteiger partial charge < -0.3 is 49.7 Å². The van der Waals surface area contributed by atoms with Gasteiger partial charge in [0.2, 0.25) is 11.8 Å². The van der Waals surface area contributed by atoms with Crippen molar-refractivity contribution in [3.05, 3.63) is 72.5 Å². The Labute approximate surface area is 377 Å². The third kappa shape index (κ3) is 8.14. The van der Waals surface area contributed by atoms with Crippen molar-refractivity contribution in [1.29, 1.82) is 0 Å². The van der Waals surface area contributed by atoms with E-state index in [-0.39, 0.29) is 47.6 Å². The topological polar surface area (TPSA) is 156 Å². The first kappa shape index (κ1) is 41.9. The largest absolute Gasteiger partial charge is 0.507 e. The molecule has 64 heavy (non-hydrogen) atoms. The third-order valence-electron chi connectivity index (χ3n) is 14.1. The van der Waals surface area contributed by atoms with Crippen LogP contribution in [0.4, 0.5) is 33.0 Å². The average Bonchev–Trinajstić information content (AvgIpc) is 3.57. The minimum Gasteiger partial charge on any atom is -0.507 e. The Morgan fingerprint density at radius 3 is 2.38 bits per heavy atom. The number of amides is 2. The van der Waals surface area contributed by atoms with Crippen molar-refractivity contribution < 1.29 is 28.6 Å². The molecule has 6 aliphatic heterocycles. The first-order valence-corrected chi connectivity index (χ1v) is 23.0. The number of phenolic OH excluding ortho intramolecular Hbond substituents is 1. The number of piperazine rings is 1. The predicted octanol–water partition coefficient (Wildman–Crippen LogP) is 5.16. The Morgan fingerprint density at radius 1 is 0.875 bits per heavy atom. The fourth-order valence-corrected chi connectivity index (χ4v) is 11.1. The number of nitrogens with one attached hydrogen (secondary N) is 1. The third-order valence-corrected chi connectivity index (χ3v) is 14.6. The number of nitrogens with two attached hydrogens (primary N) is 1. The highest BCUT2D eigenvalue weighted by Gasteiger charge is 2.42. The number of likely N-dealkylation sites (tertiary alicyclic amines) is 1.